The van der Waals surface area contributed by atoms with Crippen LogP contribution in [-0.4, -0.2) is 40.4 Å². The Balaban J connectivity index is 1.77. The number of halogens is 1. The van der Waals surface area contributed by atoms with Gasteiger partial charge in [0, 0.05) is 32.7 Å². The molecule has 0 unspecified atom stereocenters. The molecule has 0 saturated carbocycles. The largest absolute Gasteiger partial charge is 0.345 e. The van der Waals surface area contributed by atoms with Crippen LogP contribution in [0, 0.1) is 0 Å². The number of amides is 2. The van der Waals surface area contributed by atoms with Gasteiger partial charge >= 0.3 is 5.69 Å². The topological polar surface area (TPSA) is 104 Å². The molecular formula is C20H19ClN4O4. The van der Waals surface area contributed by atoms with E-state index < -0.39 is 11.2 Å². The fourth-order valence-corrected chi connectivity index (χ4v) is 3.11. The fraction of sp³-hybridized carbons (Fsp3) is 0.200. The average Bonchev–Trinajstić information content (AvgIpc) is 2.68. The van der Waals surface area contributed by atoms with Crippen LogP contribution < -0.4 is 16.6 Å². The Kier molecular flexibility index (Phi) is 5.84. The highest BCUT2D eigenvalue weighted by molar-refractivity contribution is 6.34. The Morgan fingerprint density at radius 1 is 1.14 bits per heavy atom. The number of para-hydroxylation sites is 1. The minimum Gasteiger partial charge on any atom is -0.345 e. The quantitative estimate of drug-likeness (QED) is 0.666. The summed E-state index contributed by atoms with van der Waals surface area (Å²) in [5.41, 5.74) is 0.109. The predicted molar refractivity (Wildman–Crippen MR) is 112 cm³/mol. The summed E-state index contributed by atoms with van der Waals surface area (Å²) in [5, 5.41) is 3.35. The maximum Gasteiger partial charge on any atom is 0.328 e. The molecule has 2 aromatic carbocycles. The zero-order valence-corrected chi connectivity index (χ0v) is 16.6. The Labute approximate surface area is 170 Å². The number of carbonyl (C=O) groups excluding carboxylic acids is 2. The van der Waals surface area contributed by atoms with Crippen LogP contribution in [-0.2, 0) is 11.3 Å². The van der Waals surface area contributed by atoms with Crippen molar-refractivity contribution in [3.63, 3.8) is 0 Å². The van der Waals surface area contributed by atoms with Crippen molar-refractivity contribution >= 4 is 40.0 Å². The summed E-state index contributed by atoms with van der Waals surface area (Å²) in [6, 6.07) is 11.3. The molecule has 0 aliphatic carbocycles. The number of fused-ring (bicyclic) bond motifs is 1. The number of nitrogens with zero attached hydrogens (tertiary/aromatic N) is 2. The summed E-state index contributed by atoms with van der Waals surface area (Å²) in [6.07, 6.45) is -0.00443. The Morgan fingerprint density at radius 2 is 1.86 bits per heavy atom. The molecule has 1 aromatic heterocycles. The van der Waals surface area contributed by atoms with Crippen molar-refractivity contribution in [1.29, 1.82) is 0 Å². The van der Waals surface area contributed by atoms with Crippen LogP contribution in [0.1, 0.15) is 16.8 Å². The molecule has 8 nitrogen and oxygen atoms in total. The van der Waals surface area contributed by atoms with E-state index in [0.29, 0.717) is 16.6 Å². The highest BCUT2D eigenvalue weighted by Crippen LogP contribution is 2.22. The minimum absolute atomic E-state index is 0.00443. The number of aryl methyl sites for hydroxylation is 1. The summed E-state index contributed by atoms with van der Waals surface area (Å²) >= 11 is 6.07. The first-order chi connectivity index (χ1) is 13.8. The van der Waals surface area contributed by atoms with Crippen molar-refractivity contribution in [3.05, 3.63) is 73.9 Å². The van der Waals surface area contributed by atoms with Crippen molar-refractivity contribution in [2.24, 2.45) is 0 Å². The maximum atomic E-state index is 12.4. The van der Waals surface area contributed by atoms with E-state index in [-0.39, 0.29) is 35.4 Å². The zero-order valence-electron chi connectivity index (χ0n) is 15.9. The smallest absolute Gasteiger partial charge is 0.328 e. The first-order valence-corrected chi connectivity index (χ1v) is 9.18. The molecule has 0 aliphatic heterocycles. The number of aromatic amines is 1. The first kappa shape index (κ1) is 20.3. The molecule has 0 aliphatic rings. The van der Waals surface area contributed by atoms with Gasteiger partial charge in [-0.2, -0.15) is 0 Å². The molecule has 150 valence electrons. The SMILES string of the molecule is CN(C)C(=O)c1cc(NC(=O)CCn2c(=O)[nH]c(=O)c3ccccc32)ccc1Cl. The number of hydrogen-bond acceptors (Lipinski definition) is 4. The number of benzene rings is 2. The summed E-state index contributed by atoms with van der Waals surface area (Å²) in [5.74, 6) is -0.630. The van der Waals surface area contributed by atoms with Crippen LogP contribution in [0.3, 0.4) is 0 Å². The molecule has 2 N–H and O–H groups in total. The zero-order chi connectivity index (χ0) is 21.1. The summed E-state index contributed by atoms with van der Waals surface area (Å²) in [7, 11) is 3.21. The van der Waals surface area contributed by atoms with Crippen LogP contribution in [0.15, 0.2) is 52.1 Å². The number of H-pyrrole nitrogens is 1. The highest BCUT2D eigenvalue weighted by Gasteiger charge is 2.14. The van der Waals surface area contributed by atoms with E-state index in [9.17, 15) is 19.2 Å². The van der Waals surface area contributed by atoms with Gasteiger partial charge in [-0.1, -0.05) is 23.7 Å². The molecule has 3 aromatic rings. The van der Waals surface area contributed by atoms with Gasteiger partial charge in [-0.25, -0.2) is 4.79 Å². The van der Waals surface area contributed by atoms with Gasteiger partial charge in [0.1, 0.15) is 0 Å². The number of hydrogen-bond donors (Lipinski definition) is 2. The fourth-order valence-electron chi connectivity index (χ4n) is 2.91. The third-order valence-corrected chi connectivity index (χ3v) is 4.68. The summed E-state index contributed by atoms with van der Waals surface area (Å²) < 4.78 is 1.35. The van der Waals surface area contributed by atoms with Gasteiger partial charge in [0.15, 0.2) is 0 Å². The van der Waals surface area contributed by atoms with Crippen molar-refractivity contribution in [1.82, 2.24) is 14.5 Å². The lowest BCUT2D eigenvalue weighted by molar-refractivity contribution is -0.116. The van der Waals surface area contributed by atoms with E-state index in [2.05, 4.69) is 10.3 Å². The first-order valence-electron chi connectivity index (χ1n) is 8.81. The van der Waals surface area contributed by atoms with E-state index in [0.717, 1.165) is 0 Å². The van der Waals surface area contributed by atoms with Crippen LogP contribution in [0.25, 0.3) is 10.9 Å². The van der Waals surface area contributed by atoms with Crippen LogP contribution >= 0.6 is 11.6 Å². The lowest BCUT2D eigenvalue weighted by Gasteiger charge is -2.13. The van der Waals surface area contributed by atoms with Gasteiger partial charge < -0.3 is 10.2 Å². The van der Waals surface area contributed by atoms with Crippen molar-refractivity contribution in [3.8, 4) is 0 Å². The third-order valence-electron chi connectivity index (χ3n) is 4.35. The molecule has 0 spiro atoms. The number of anilines is 1. The van der Waals surface area contributed by atoms with E-state index in [1.807, 2.05) is 0 Å². The molecule has 9 heteroatoms. The van der Waals surface area contributed by atoms with Gasteiger partial charge in [0.25, 0.3) is 11.5 Å². The molecule has 0 bridgehead atoms. The van der Waals surface area contributed by atoms with Crippen LogP contribution in [0.4, 0.5) is 5.69 Å². The van der Waals surface area contributed by atoms with Crippen LogP contribution in [0.5, 0.6) is 0 Å². The highest BCUT2D eigenvalue weighted by atomic mass is 35.5. The minimum atomic E-state index is -0.577. The van der Waals surface area contributed by atoms with E-state index in [1.54, 1.807) is 44.4 Å². The van der Waals surface area contributed by atoms with Crippen molar-refractivity contribution < 1.29 is 9.59 Å². The monoisotopic (exact) mass is 414 g/mol. The predicted octanol–water partition coefficient (Wildman–Crippen LogP) is 2.07. The molecular weight excluding hydrogens is 396 g/mol. The maximum absolute atomic E-state index is 12.4. The molecule has 29 heavy (non-hydrogen) atoms. The Morgan fingerprint density at radius 3 is 2.59 bits per heavy atom. The standard InChI is InChI=1S/C20H19ClN4O4/c1-24(2)19(28)14-11-12(7-8-15(14)21)22-17(26)9-10-25-16-6-4-3-5-13(16)18(27)23-20(25)29/h3-8,11H,9-10H2,1-2H3,(H,22,26)(H,23,27,29). The lowest BCUT2D eigenvalue weighted by atomic mass is 10.1. The Bertz CT molecular complexity index is 1210. The van der Waals surface area contributed by atoms with Gasteiger partial charge in [-0.3, -0.25) is 23.9 Å². The third kappa shape index (κ3) is 4.38. The number of rotatable bonds is 5. The molecule has 0 saturated heterocycles. The lowest BCUT2D eigenvalue weighted by Crippen LogP contribution is -2.31. The van der Waals surface area contributed by atoms with Crippen LogP contribution in [0.2, 0.25) is 5.02 Å². The van der Waals surface area contributed by atoms with Gasteiger partial charge in [0.2, 0.25) is 5.91 Å². The molecule has 3 rings (SSSR count). The number of aromatic nitrogens is 2. The molecule has 0 radical (unpaired) electrons. The summed E-state index contributed by atoms with van der Waals surface area (Å²) in [4.78, 5) is 52.3. The van der Waals surface area contributed by atoms with E-state index >= 15 is 0 Å². The average molecular weight is 415 g/mol. The second-order valence-corrected chi connectivity index (χ2v) is 7.03. The van der Waals surface area contributed by atoms with E-state index in [4.69, 9.17) is 11.6 Å². The van der Waals surface area contributed by atoms with Gasteiger partial charge in [0.05, 0.1) is 21.5 Å². The molecule has 0 atom stereocenters. The normalized spacial score (nSPS) is 10.7. The van der Waals surface area contributed by atoms with E-state index in [1.165, 1.54) is 21.6 Å². The van der Waals surface area contributed by atoms with Crippen molar-refractivity contribution in [2.75, 3.05) is 19.4 Å². The van der Waals surface area contributed by atoms with Gasteiger partial charge in [-0.15, -0.1) is 0 Å². The van der Waals surface area contributed by atoms with Crippen molar-refractivity contribution in [2.45, 2.75) is 13.0 Å². The second-order valence-electron chi connectivity index (χ2n) is 6.62. The molecule has 2 amide bonds. The summed E-state index contributed by atoms with van der Waals surface area (Å²) in [6.45, 7) is 0.0824. The van der Waals surface area contributed by atoms with Gasteiger partial charge in [-0.05, 0) is 30.3 Å². The number of carbonyl (C=O) groups is 2. The Hall–Kier alpha value is -3.39. The molecule has 1 heterocycles. The molecule has 0 fully saturated rings. The second kappa shape index (κ2) is 8.32. The number of nitrogens with one attached hydrogen (secondary N) is 2.